The van der Waals surface area contributed by atoms with Gasteiger partial charge in [-0.3, -0.25) is 0 Å². The molecule has 0 atom stereocenters. The number of pyridine rings is 1. The molecule has 0 bridgehead atoms. The lowest BCUT2D eigenvalue weighted by Crippen LogP contribution is -2.11. The number of para-hydroxylation sites is 1. The monoisotopic (exact) mass is 355 g/mol. The van der Waals surface area contributed by atoms with E-state index in [0.717, 1.165) is 0 Å². The Balaban J connectivity index is 2.05. The van der Waals surface area contributed by atoms with Crippen LogP contribution in [0.1, 0.15) is 5.69 Å². The van der Waals surface area contributed by atoms with Crippen LogP contribution in [-0.4, -0.2) is 15.0 Å². The van der Waals surface area contributed by atoms with Gasteiger partial charge in [0.05, 0.1) is 17.4 Å². The van der Waals surface area contributed by atoms with E-state index in [9.17, 15) is 13.2 Å². The Morgan fingerprint density at radius 2 is 1.54 bits per heavy atom. The maximum absolute atomic E-state index is 13.7. The van der Waals surface area contributed by atoms with Gasteiger partial charge in [-0.2, -0.15) is 13.2 Å². The highest BCUT2D eigenvalue weighted by Crippen LogP contribution is 2.45. The third-order valence-corrected chi connectivity index (χ3v) is 3.82. The molecule has 1 N–H and O–H groups in total. The molecule has 0 aliphatic heterocycles. The van der Waals surface area contributed by atoms with Gasteiger partial charge in [-0.05, 0) is 17.7 Å². The highest BCUT2D eigenvalue weighted by atomic mass is 19.4. The number of ether oxygens (including phenoxy) is 1. The minimum atomic E-state index is -4.69. The van der Waals surface area contributed by atoms with Crippen LogP contribution in [0.5, 0.6) is 11.5 Å². The van der Waals surface area contributed by atoms with Crippen LogP contribution in [0.25, 0.3) is 22.3 Å². The average Bonchev–Trinajstić information content (AvgIpc) is 3.10. The zero-order valence-corrected chi connectivity index (χ0v) is 13.3. The van der Waals surface area contributed by atoms with E-state index in [1.165, 1.54) is 6.33 Å². The minimum Gasteiger partial charge on any atom is -0.454 e. The number of alkyl halides is 3. The Hall–Kier alpha value is -3.35. The lowest BCUT2D eigenvalue weighted by molar-refractivity contribution is -0.141. The summed E-state index contributed by atoms with van der Waals surface area (Å²) >= 11 is 0. The molecule has 4 aromatic rings. The van der Waals surface area contributed by atoms with Crippen molar-refractivity contribution in [2.24, 2.45) is 0 Å². The van der Waals surface area contributed by atoms with E-state index in [2.05, 4.69) is 15.0 Å². The first-order valence-corrected chi connectivity index (χ1v) is 7.76. The summed E-state index contributed by atoms with van der Waals surface area (Å²) in [5.74, 6) is -0.0671. The SMILES string of the molecule is FC(F)(F)c1nc2nc[nH]c2c(-c2ccccc2)c1Oc1ccccc1. The fraction of sp³-hybridized carbons (Fsp3) is 0.0526. The van der Waals surface area contributed by atoms with Crippen molar-refractivity contribution in [2.45, 2.75) is 6.18 Å². The van der Waals surface area contributed by atoms with Crippen LogP contribution in [0.3, 0.4) is 0 Å². The summed E-state index contributed by atoms with van der Waals surface area (Å²) in [7, 11) is 0. The highest BCUT2D eigenvalue weighted by Gasteiger charge is 2.39. The van der Waals surface area contributed by atoms with Gasteiger partial charge >= 0.3 is 6.18 Å². The number of fused-ring (bicyclic) bond motifs is 1. The van der Waals surface area contributed by atoms with E-state index < -0.39 is 11.9 Å². The van der Waals surface area contributed by atoms with Crippen molar-refractivity contribution in [2.75, 3.05) is 0 Å². The number of imidazole rings is 1. The average molecular weight is 355 g/mol. The van der Waals surface area contributed by atoms with Crippen molar-refractivity contribution in [1.82, 2.24) is 15.0 Å². The molecular weight excluding hydrogens is 343 g/mol. The molecule has 4 rings (SSSR count). The molecular formula is C19H12F3N3O. The summed E-state index contributed by atoms with van der Waals surface area (Å²) in [5, 5.41) is 0. The van der Waals surface area contributed by atoms with Crippen LogP contribution in [-0.2, 0) is 6.18 Å². The predicted molar refractivity (Wildman–Crippen MR) is 90.8 cm³/mol. The van der Waals surface area contributed by atoms with E-state index in [0.29, 0.717) is 11.1 Å². The molecule has 0 spiro atoms. The fourth-order valence-electron chi connectivity index (χ4n) is 2.72. The van der Waals surface area contributed by atoms with Gasteiger partial charge in [0.25, 0.3) is 0 Å². The highest BCUT2D eigenvalue weighted by molar-refractivity contribution is 5.94. The molecule has 2 heterocycles. The first-order chi connectivity index (χ1) is 12.5. The van der Waals surface area contributed by atoms with Gasteiger partial charge in [-0.15, -0.1) is 0 Å². The smallest absolute Gasteiger partial charge is 0.437 e. The second-order valence-corrected chi connectivity index (χ2v) is 5.54. The van der Waals surface area contributed by atoms with Gasteiger partial charge in [0.1, 0.15) is 5.75 Å². The number of hydrogen-bond acceptors (Lipinski definition) is 3. The molecule has 0 saturated heterocycles. The molecule has 0 unspecified atom stereocenters. The number of nitrogens with one attached hydrogen (secondary N) is 1. The molecule has 2 aromatic heterocycles. The Labute approximate surface area is 146 Å². The van der Waals surface area contributed by atoms with Crippen LogP contribution < -0.4 is 4.74 Å². The predicted octanol–water partition coefficient (Wildman–Crippen LogP) is 5.44. The largest absolute Gasteiger partial charge is 0.454 e. The molecule has 0 aliphatic rings. The number of rotatable bonds is 3. The van der Waals surface area contributed by atoms with E-state index >= 15 is 0 Å². The normalized spacial score (nSPS) is 11.7. The van der Waals surface area contributed by atoms with Gasteiger partial charge in [-0.25, -0.2) is 9.97 Å². The van der Waals surface area contributed by atoms with Crippen LogP contribution in [0.2, 0.25) is 0 Å². The zero-order valence-electron chi connectivity index (χ0n) is 13.3. The van der Waals surface area contributed by atoms with Crippen LogP contribution in [0.15, 0.2) is 67.0 Å². The lowest BCUT2D eigenvalue weighted by Gasteiger charge is -2.17. The zero-order chi connectivity index (χ0) is 18.1. The van der Waals surface area contributed by atoms with Crippen molar-refractivity contribution in [3.63, 3.8) is 0 Å². The summed E-state index contributed by atoms with van der Waals surface area (Å²) in [6.07, 6.45) is -3.38. The number of halogens is 3. The minimum absolute atomic E-state index is 0.0170. The molecule has 0 aliphatic carbocycles. The maximum atomic E-state index is 13.7. The Morgan fingerprint density at radius 1 is 0.885 bits per heavy atom. The second-order valence-electron chi connectivity index (χ2n) is 5.54. The van der Waals surface area contributed by atoms with Crippen molar-refractivity contribution in [3.8, 4) is 22.6 Å². The van der Waals surface area contributed by atoms with Crippen molar-refractivity contribution in [3.05, 3.63) is 72.7 Å². The van der Waals surface area contributed by atoms with E-state index in [4.69, 9.17) is 4.74 Å². The van der Waals surface area contributed by atoms with E-state index in [-0.39, 0.29) is 22.7 Å². The number of benzene rings is 2. The van der Waals surface area contributed by atoms with Gasteiger partial charge in [0.15, 0.2) is 17.1 Å². The van der Waals surface area contributed by atoms with Crippen LogP contribution >= 0.6 is 0 Å². The first kappa shape index (κ1) is 16.1. The first-order valence-electron chi connectivity index (χ1n) is 7.76. The van der Waals surface area contributed by atoms with Gasteiger partial charge in [0, 0.05) is 0 Å². The Morgan fingerprint density at radius 3 is 2.19 bits per heavy atom. The summed E-state index contributed by atoms with van der Waals surface area (Å²) in [5.41, 5.74) is 0.0939. The molecule has 4 nitrogen and oxygen atoms in total. The number of aromatic amines is 1. The maximum Gasteiger partial charge on any atom is 0.437 e. The van der Waals surface area contributed by atoms with Crippen molar-refractivity contribution < 1.29 is 17.9 Å². The van der Waals surface area contributed by atoms with Gasteiger partial charge in [0.2, 0.25) is 0 Å². The summed E-state index contributed by atoms with van der Waals surface area (Å²) in [6.45, 7) is 0. The van der Waals surface area contributed by atoms with E-state index in [1.54, 1.807) is 60.7 Å². The van der Waals surface area contributed by atoms with Crippen LogP contribution in [0, 0.1) is 0 Å². The summed E-state index contributed by atoms with van der Waals surface area (Å²) in [6, 6.07) is 17.0. The standard InChI is InChI=1S/C19H12F3N3O/c20-19(21,22)17-16(26-13-9-5-2-6-10-13)14(12-7-3-1-4-8-12)15-18(25-17)24-11-23-15/h1-11H,(H,23,24,25). The lowest BCUT2D eigenvalue weighted by atomic mass is 10.0. The van der Waals surface area contributed by atoms with Gasteiger partial charge < -0.3 is 9.72 Å². The fourth-order valence-corrected chi connectivity index (χ4v) is 2.72. The molecule has 7 heteroatoms. The molecule has 0 saturated carbocycles. The van der Waals surface area contributed by atoms with Gasteiger partial charge in [-0.1, -0.05) is 48.5 Å². The third kappa shape index (κ3) is 2.88. The quantitative estimate of drug-likeness (QED) is 0.533. The molecule has 130 valence electrons. The molecule has 0 fully saturated rings. The van der Waals surface area contributed by atoms with Crippen LogP contribution in [0.4, 0.5) is 13.2 Å². The summed E-state index contributed by atoms with van der Waals surface area (Å²) < 4.78 is 46.8. The third-order valence-electron chi connectivity index (χ3n) is 3.82. The van der Waals surface area contributed by atoms with Crippen molar-refractivity contribution >= 4 is 11.2 Å². The molecule has 0 radical (unpaired) electrons. The topological polar surface area (TPSA) is 50.8 Å². The van der Waals surface area contributed by atoms with Crippen molar-refractivity contribution in [1.29, 1.82) is 0 Å². The number of H-pyrrole nitrogens is 1. The Bertz CT molecular complexity index is 1040. The summed E-state index contributed by atoms with van der Waals surface area (Å²) in [4.78, 5) is 10.5. The number of hydrogen-bond donors (Lipinski definition) is 1. The Kier molecular flexibility index (Phi) is 3.84. The second kappa shape index (κ2) is 6.18. The molecule has 26 heavy (non-hydrogen) atoms. The number of aromatic nitrogens is 3. The molecule has 2 aromatic carbocycles. The van der Waals surface area contributed by atoms with E-state index in [1.807, 2.05) is 0 Å². The molecule has 0 amide bonds. The number of nitrogens with zero attached hydrogens (tertiary/aromatic N) is 2.